The molecule has 0 aliphatic carbocycles. The van der Waals surface area contributed by atoms with Gasteiger partial charge in [0, 0.05) is 42.8 Å². The number of hydrogen-bond acceptors (Lipinski definition) is 6. The molecule has 3 aromatic rings. The molecule has 2 heterocycles. The molecule has 7 nitrogen and oxygen atoms in total. The first kappa shape index (κ1) is 20.3. The molecule has 0 saturated carbocycles. The summed E-state index contributed by atoms with van der Waals surface area (Å²) in [4.78, 5) is 4.31. The van der Waals surface area contributed by atoms with E-state index >= 15 is 0 Å². The van der Waals surface area contributed by atoms with Gasteiger partial charge in [0.15, 0.2) is 11.5 Å². The Hall–Kier alpha value is -2.94. The van der Waals surface area contributed by atoms with Crippen LogP contribution in [0.15, 0.2) is 65.3 Å². The van der Waals surface area contributed by atoms with E-state index in [1.807, 2.05) is 31.2 Å². The highest BCUT2D eigenvalue weighted by Crippen LogP contribution is 2.33. The van der Waals surface area contributed by atoms with Crippen molar-refractivity contribution in [3.8, 4) is 11.5 Å². The minimum Gasteiger partial charge on any atom is -0.454 e. The lowest BCUT2D eigenvalue weighted by Gasteiger charge is -2.10. The smallest absolute Gasteiger partial charge is 0.241 e. The second-order valence-corrected chi connectivity index (χ2v) is 8.77. The van der Waals surface area contributed by atoms with Gasteiger partial charge in [-0.15, -0.1) is 0 Å². The van der Waals surface area contributed by atoms with Crippen molar-refractivity contribution in [2.45, 2.75) is 11.8 Å². The maximum atomic E-state index is 12.7. The normalized spacial score (nSPS) is 13.7. The summed E-state index contributed by atoms with van der Waals surface area (Å²) in [5.41, 5.74) is 2.16. The van der Waals surface area contributed by atoms with Crippen molar-refractivity contribution in [1.82, 2.24) is 15.0 Å². The number of benzene rings is 2. The topological polar surface area (TPSA) is 89.5 Å². The third kappa shape index (κ3) is 4.62. The van der Waals surface area contributed by atoms with Crippen molar-refractivity contribution in [2.24, 2.45) is 0 Å². The van der Waals surface area contributed by atoms with Crippen molar-refractivity contribution in [2.75, 3.05) is 26.4 Å². The minimum atomic E-state index is -3.60. The molecule has 0 bridgehead atoms. The number of hydrogen-bond donors (Lipinski definition) is 2. The van der Waals surface area contributed by atoms with Crippen LogP contribution in [-0.4, -0.2) is 39.8 Å². The van der Waals surface area contributed by atoms with E-state index < -0.39 is 10.0 Å². The molecular formula is C22H23N3O4S. The predicted molar refractivity (Wildman–Crippen MR) is 116 cm³/mol. The summed E-state index contributed by atoms with van der Waals surface area (Å²) < 4.78 is 38.7. The Bertz CT molecular complexity index is 1190. The molecule has 2 aromatic carbocycles. The quantitative estimate of drug-likeness (QED) is 0.540. The molecule has 0 spiro atoms. The number of pyridine rings is 1. The van der Waals surface area contributed by atoms with Gasteiger partial charge in [0.25, 0.3) is 0 Å². The van der Waals surface area contributed by atoms with Crippen molar-refractivity contribution in [3.05, 3.63) is 66.0 Å². The highest BCUT2D eigenvalue weighted by Gasteiger charge is 2.16. The van der Waals surface area contributed by atoms with Crippen LogP contribution >= 0.6 is 0 Å². The molecule has 1 aliphatic heterocycles. The fourth-order valence-electron chi connectivity index (χ4n) is 3.30. The van der Waals surface area contributed by atoms with Gasteiger partial charge in [-0.2, -0.15) is 0 Å². The fourth-order valence-corrected chi connectivity index (χ4v) is 4.56. The number of aromatic nitrogens is 1. The second-order valence-electron chi connectivity index (χ2n) is 7.03. The van der Waals surface area contributed by atoms with Gasteiger partial charge in [0.05, 0.1) is 4.90 Å². The van der Waals surface area contributed by atoms with Gasteiger partial charge in [-0.3, -0.25) is 4.98 Å². The van der Waals surface area contributed by atoms with Crippen molar-refractivity contribution < 1.29 is 17.9 Å². The molecule has 1 aromatic heterocycles. The average Bonchev–Trinajstić information content (AvgIpc) is 3.21. The monoisotopic (exact) mass is 425 g/mol. The first-order chi connectivity index (χ1) is 14.5. The zero-order valence-electron chi connectivity index (χ0n) is 16.6. The molecule has 0 radical (unpaired) electrons. The minimum absolute atomic E-state index is 0.259. The summed E-state index contributed by atoms with van der Waals surface area (Å²) in [5, 5.41) is 4.71. The Balaban J connectivity index is 1.29. The first-order valence-corrected chi connectivity index (χ1v) is 11.1. The Labute approximate surface area is 175 Å². The van der Waals surface area contributed by atoms with Crippen molar-refractivity contribution >= 4 is 26.9 Å². The van der Waals surface area contributed by atoms with Crippen LogP contribution in [0, 0.1) is 0 Å². The Morgan fingerprint density at radius 2 is 2.00 bits per heavy atom. The van der Waals surface area contributed by atoms with E-state index in [9.17, 15) is 8.42 Å². The number of ether oxygens (including phenoxy) is 2. The highest BCUT2D eigenvalue weighted by molar-refractivity contribution is 7.89. The van der Waals surface area contributed by atoms with Gasteiger partial charge < -0.3 is 14.8 Å². The van der Waals surface area contributed by atoms with Gasteiger partial charge in [-0.05, 0) is 36.8 Å². The van der Waals surface area contributed by atoms with Crippen LogP contribution in [0.2, 0.25) is 0 Å². The summed E-state index contributed by atoms with van der Waals surface area (Å²) in [5.74, 6) is 1.51. The average molecular weight is 426 g/mol. The molecule has 0 amide bonds. The molecule has 30 heavy (non-hydrogen) atoms. The summed E-state index contributed by atoms with van der Waals surface area (Å²) >= 11 is 0. The van der Waals surface area contributed by atoms with Crippen LogP contribution in [0.3, 0.4) is 0 Å². The van der Waals surface area contributed by atoms with Crippen LogP contribution in [0.1, 0.15) is 12.5 Å². The maximum Gasteiger partial charge on any atom is 0.241 e. The zero-order chi connectivity index (χ0) is 21.0. The molecule has 0 unspecified atom stereocenters. The van der Waals surface area contributed by atoms with E-state index in [2.05, 4.69) is 21.1 Å². The third-order valence-electron chi connectivity index (χ3n) is 4.74. The second kappa shape index (κ2) is 8.83. The third-order valence-corrected chi connectivity index (χ3v) is 6.26. The number of nitrogens with zero attached hydrogens (tertiary/aromatic N) is 1. The Morgan fingerprint density at radius 3 is 2.90 bits per heavy atom. The van der Waals surface area contributed by atoms with Gasteiger partial charge in [0.2, 0.25) is 16.8 Å². The molecule has 0 fully saturated rings. The van der Waals surface area contributed by atoms with Gasteiger partial charge >= 0.3 is 0 Å². The molecular weight excluding hydrogens is 402 g/mol. The Kier molecular flexibility index (Phi) is 5.98. The molecule has 2 N–H and O–H groups in total. The summed E-state index contributed by atoms with van der Waals surface area (Å²) in [6.45, 7) is 3.73. The standard InChI is InChI=1S/C22H23N3O4S/c1-16(11-17-5-6-20-21(12-17)29-15-28-20)13-24-9-10-25-30(26,27)22-4-2-3-18-14-23-8-7-19(18)22/h2-8,11-12,14,24-25H,9-10,13,15H2,1H3/b16-11+. The van der Waals surface area contributed by atoms with E-state index in [-0.39, 0.29) is 11.7 Å². The van der Waals surface area contributed by atoms with E-state index in [0.29, 0.717) is 25.0 Å². The zero-order valence-corrected chi connectivity index (χ0v) is 17.4. The fraction of sp³-hybridized carbons (Fsp3) is 0.227. The van der Waals surface area contributed by atoms with E-state index in [0.717, 1.165) is 28.0 Å². The molecule has 156 valence electrons. The predicted octanol–water partition coefficient (Wildman–Crippen LogP) is 2.93. The van der Waals surface area contributed by atoms with Crippen LogP contribution in [0.4, 0.5) is 0 Å². The summed E-state index contributed by atoms with van der Waals surface area (Å²) in [6, 6.07) is 12.7. The van der Waals surface area contributed by atoms with Gasteiger partial charge in [-0.25, -0.2) is 13.1 Å². The van der Waals surface area contributed by atoms with Crippen LogP contribution in [-0.2, 0) is 10.0 Å². The maximum absolute atomic E-state index is 12.7. The van der Waals surface area contributed by atoms with Gasteiger partial charge in [0.1, 0.15) is 0 Å². The molecule has 8 heteroatoms. The molecule has 1 aliphatic rings. The first-order valence-electron chi connectivity index (χ1n) is 9.63. The number of rotatable bonds is 8. The van der Waals surface area contributed by atoms with Crippen LogP contribution in [0.25, 0.3) is 16.8 Å². The van der Waals surface area contributed by atoms with Crippen molar-refractivity contribution in [1.29, 1.82) is 0 Å². The van der Waals surface area contributed by atoms with E-state index in [4.69, 9.17) is 9.47 Å². The van der Waals surface area contributed by atoms with Crippen molar-refractivity contribution in [3.63, 3.8) is 0 Å². The van der Waals surface area contributed by atoms with Crippen LogP contribution in [0.5, 0.6) is 11.5 Å². The largest absolute Gasteiger partial charge is 0.454 e. The van der Waals surface area contributed by atoms with E-state index in [1.54, 1.807) is 30.6 Å². The van der Waals surface area contributed by atoms with Crippen LogP contribution < -0.4 is 19.5 Å². The summed E-state index contributed by atoms with van der Waals surface area (Å²) in [7, 11) is -3.60. The number of sulfonamides is 1. The molecule has 0 saturated heterocycles. The summed E-state index contributed by atoms with van der Waals surface area (Å²) in [6.07, 6.45) is 5.31. The lowest BCUT2D eigenvalue weighted by Crippen LogP contribution is -2.32. The highest BCUT2D eigenvalue weighted by atomic mass is 32.2. The lowest BCUT2D eigenvalue weighted by molar-refractivity contribution is 0.174. The van der Waals surface area contributed by atoms with E-state index in [1.165, 1.54) is 0 Å². The Morgan fingerprint density at radius 1 is 1.13 bits per heavy atom. The lowest BCUT2D eigenvalue weighted by atomic mass is 10.1. The number of nitrogens with one attached hydrogen (secondary N) is 2. The number of fused-ring (bicyclic) bond motifs is 2. The van der Waals surface area contributed by atoms with Gasteiger partial charge in [-0.1, -0.05) is 29.8 Å². The SMILES string of the molecule is C/C(=C\c1ccc2c(c1)OCO2)CNCCNS(=O)(=O)c1cccc2cnccc12. The molecule has 4 rings (SSSR count). The molecule has 0 atom stereocenters.